The Labute approximate surface area is 395 Å². The maximum atomic E-state index is 5.72. The zero-order valence-corrected chi connectivity index (χ0v) is 40.2. The molecule has 0 aliphatic heterocycles. The summed E-state index contributed by atoms with van der Waals surface area (Å²) in [6, 6.07) is 51.8. The van der Waals surface area contributed by atoms with Crippen molar-refractivity contribution >= 4 is 68.0 Å². The molecule has 5 heteroatoms. The molecule has 0 spiro atoms. The van der Waals surface area contributed by atoms with E-state index >= 15 is 0 Å². The van der Waals surface area contributed by atoms with Crippen molar-refractivity contribution in [2.45, 2.75) is 90.9 Å². The van der Waals surface area contributed by atoms with Crippen LogP contribution >= 0.6 is 45.2 Å². The average Bonchev–Trinajstić information content (AvgIpc) is 3.31. The van der Waals surface area contributed by atoms with Crippen LogP contribution in [0.2, 0.25) is 0 Å². The van der Waals surface area contributed by atoms with Crippen LogP contribution in [0, 0.1) is 7.14 Å². The number of aryl methyl sites for hydroxylation is 4. The Morgan fingerprint density at radius 3 is 1.16 bits per heavy atom. The van der Waals surface area contributed by atoms with Crippen LogP contribution in [0.5, 0.6) is 0 Å². The molecule has 1 heterocycles. The number of aromatic nitrogens is 1. The van der Waals surface area contributed by atoms with Crippen molar-refractivity contribution in [1.82, 2.24) is 4.98 Å². The van der Waals surface area contributed by atoms with Crippen LogP contribution in [0.25, 0.3) is 44.5 Å². The molecular weight excluding hydrogens is 980 g/mol. The van der Waals surface area contributed by atoms with Crippen LogP contribution in [0.1, 0.15) is 98.9 Å². The molecule has 2 aliphatic carbocycles. The predicted molar refractivity (Wildman–Crippen MR) is 280 cm³/mol. The molecule has 0 amide bonds. The zero-order chi connectivity index (χ0) is 42.4. The number of para-hydroxylation sites is 2. The van der Waals surface area contributed by atoms with Gasteiger partial charge in [0.25, 0.3) is 0 Å². The van der Waals surface area contributed by atoms with E-state index in [-0.39, 0.29) is 0 Å². The highest BCUT2D eigenvalue weighted by atomic mass is 127. The van der Waals surface area contributed by atoms with Crippen molar-refractivity contribution in [2.75, 3.05) is 0 Å². The fraction of sp³-hybridized carbons (Fsp3) is 0.246. The van der Waals surface area contributed by atoms with Gasteiger partial charge in [0.05, 0.1) is 34.2 Å². The van der Waals surface area contributed by atoms with Crippen molar-refractivity contribution in [3.8, 4) is 44.5 Å². The highest BCUT2D eigenvalue weighted by molar-refractivity contribution is 14.1. The second-order valence-corrected chi connectivity index (χ2v) is 19.3. The number of hydrogen-bond acceptors (Lipinski definition) is 3. The lowest BCUT2D eigenvalue weighted by Gasteiger charge is -2.24. The minimum atomic E-state index is 0.885. The summed E-state index contributed by atoms with van der Waals surface area (Å²) in [7, 11) is 0. The van der Waals surface area contributed by atoms with Gasteiger partial charge in [0, 0.05) is 29.4 Å². The van der Waals surface area contributed by atoms with Crippen molar-refractivity contribution in [3.63, 3.8) is 0 Å². The van der Waals surface area contributed by atoms with E-state index in [0.29, 0.717) is 0 Å². The second-order valence-electron chi connectivity index (χ2n) is 16.8. The van der Waals surface area contributed by atoms with E-state index in [2.05, 4.69) is 199 Å². The van der Waals surface area contributed by atoms with Gasteiger partial charge in [-0.1, -0.05) is 142 Å². The Hall–Kier alpha value is -4.73. The Morgan fingerprint density at radius 1 is 0.452 bits per heavy atom. The number of aliphatic imine (C=N–C) groups is 2. The van der Waals surface area contributed by atoms with Gasteiger partial charge in [-0.25, -0.2) is 15.0 Å². The molecule has 0 radical (unpaired) electrons. The Kier molecular flexibility index (Phi) is 13.6. The number of benzene rings is 6. The van der Waals surface area contributed by atoms with E-state index in [1.165, 1.54) is 77.3 Å². The van der Waals surface area contributed by atoms with Gasteiger partial charge in [0.15, 0.2) is 0 Å². The molecule has 7 aromatic rings. The molecule has 0 fully saturated rings. The lowest BCUT2D eigenvalue weighted by atomic mass is 9.87. The fourth-order valence-electron chi connectivity index (χ4n) is 9.08. The van der Waals surface area contributed by atoms with Crippen LogP contribution in [0.3, 0.4) is 0 Å². The lowest BCUT2D eigenvalue weighted by Crippen LogP contribution is -2.21. The van der Waals surface area contributed by atoms with Crippen LogP contribution in [-0.2, 0) is 25.7 Å². The molecule has 0 saturated heterocycles. The fourth-order valence-corrected chi connectivity index (χ4v) is 9.80. The summed E-state index contributed by atoms with van der Waals surface area (Å²) in [5.41, 5.74) is 21.0. The number of halogens is 2. The van der Waals surface area contributed by atoms with Gasteiger partial charge in [-0.05, 0) is 178 Å². The molecule has 0 bridgehead atoms. The highest BCUT2D eigenvalue weighted by Crippen LogP contribution is 2.43. The summed E-state index contributed by atoms with van der Waals surface area (Å²) >= 11 is 4.79. The number of nitrogens with zero attached hydrogens (tertiary/aromatic N) is 3. The summed E-state index contributed by atoms with van der Waals surface area (Å²) in [6.07, 6.45) is 12.9. The minimum absolute atomic E-state index is 0.885. The Morgan fingerprint density at radius 2 is 0.806 bits per heavy atom. The van der Waals surface area contributed by atoms with Crippen LogP contribution < -0.4 is 0 Å². The summed E-state index contributed by atoms with van der Waals surface area (Å²) in [4.78, 5) is 17.1. The third-order valence-corrected chi connectivity index (χ3v) is 13.9. The van der Waals surface area contributed by atoms with Gasteiger partial charge in [-0.2, -0.15) is 0 Å². The molecular formula is C57H53I2N3. The third kappa shape index (κ3) is 9.45. The standard InChI is InChI=1S/C57H53I2N3/c1-3-5-11-38-21-25-40(26-22-38)48-15-9-17-50(42-29-33-46(58)34-30-42)56(48)60-52-19-7-13-44-37-45-14-8-20-53(55(45)62-54(44)52)61-57-49(41-27-23-39(24-28-41)12-6-4-2)16-10-18-51(57)43-31-35-47(59)36-32-43/h9-10,15-18,21-37H,3-8,11-14,19-20H2,1-2H3. The molecule has 62 heavy (non-hydrogen) atoms. The third-order valence-electron chi connectivity index (χ3n) is 12.5. The average molecular weight is 1030 g/mol. The number of fused-ring (bicyclic) bond motifs is 2. The molecule has 1 aromatic heterocycles. The van der Waals surface area contributed by atoms with E-state index in [9.17, 15) is 0 Å². The van der Waals surface area contributed by atoms with E-state index in [4.69, 9.17) is 15.0 Å². The molecule has 3 nitrogen and oxygen atoms in total. The monoisotopic (exact) mass is 1030 g/mol. The summed E-state index contributed by atoms with van der Waals surface area (Å²) in [6.45, 7) is 4.52. The molecule has 9 rings (SSSR count). The highest BCUT2D eigenvalue weighted by Gasteiger charge is 2.26. The Balaban J connectivity index is 1.18. The first-order valence-corrected chi connectivity index (χ1v) is 24.8. The largest absolute Gasteiger partial charge is 0.250 e. The number of rotatable bonds is 12. The van der Waals surface area contributed by atoms with Crippen molar-refractivity contribution in [1.29, 1.82) is 0 Å². The first-order valence-electron chi connectivity index (χ1n) is 22.6. The minimum Gasteiger partial charge on any atom is -0.250 e. The smallest absolute Gasteiger partial charge is 0.0884 e. The van der Waals surface area contributed by atoms with Gasteiger partial charge < -0.3 is 0 Å². The quantitative estimate of drug-likeness (QED) is 0.112. The number of pyridine rings is 1. The molecule has 0 N–H and O–H groups in total. The predicted octanol–water partition coefficient (Wildman–Crippen LogP) is 16.6. The number of unbranched alkanes of at least 4 members (excludes halogenated alkanes) is 2. The molecule has 2 aliphatic rings. The molecule has 310 valence electrons. The zero-order valence-electron chi connectivity index (χ0n) is 35.9. The molecule has 0 saturated carbocycles. The van der Waals surface area contributed by atoms with E-state index in [0.717, 1.165) is 108 Å². The molecule has 0 atom stereocenters. The van der Waals surface area contributed by atoms with Crippen molar-refractivity contribution in [3.05, 3.63) is 180 Å². The van der Waals surface area contributed by atoms with Gasteiger partial charge in [0.2, 0.25) is 0 Å². The van der Waals surface area contributed by atoms with Crippen molar-refractivity contribution in [2.24, 2.45) is 9.98 Å². The first-order chi connectivity index (χ1) is 30.4. The Bertz CT molecular complexity index is 2560. The van der Waals surface area contributed by atoms with Crippen LogP contribution in [-0.4, -0.2) is 16.4 Å². The van der Waals surface area contributed by atoms with Gasteiger partial charge in [-0.15, -0.1) is 0 Å². The molecule has 6 aromatic carbocycles. The summed E-state index contributed by atoms with van der Waals surface area (Å²) in [5.74, 6) is 0. The molecule has 0 unspecified atom stereocenters. The second kappa shape index (κ2) is 19.8. The topological polar surface area (TPSA) is 37.6 Å². The first kappa shape index (κ1) is 42.6. The maximum absolute atomic E-state index is 5.72. The van der Waals surface area contributed by atoms with Crippen LogP contribution in [0.4, 0.5) is 11.4 Å². The van der Waals surface area contributed by atoms with Crippen LogP contribution in [0.15, 0.2) is 150 Å². The van der Waals surface area contributed by atoms with Gasteiger partial charge >= 0.3 is 0 Å². The summed E-state index contributed by atoms with van der Waals surface area (Å²) in [5, 5.41) is 0. The maximum Gasteiger partial charge on any atom is 0.0884 e. The van der Waals surface area contributed by atoms with Gasteiger partial charge in [0.1, 0.15) is 0 Å². The van der Waals surface area contributed by atoms with E-state index < -0.39 is 0 Å². The SMILES string of the molecule is CCCCc1ccc(-c2cccc(-c3ccc(I)cc3)c2N=C2CCCc3cc4c(nc32)C(=Nc2c(-c3ccc(I)cc3)cccc2-c2ccc(CCCC)cc2)CCC4)cc1. The van der Waals surface area contributed by atoms with Gasteiger partial charge in [-0.3, -0.25) is 0 Å². The lowest BCUT2D eigenvalue weighted by molar-refractivity contribution is 0.792. The van der Waals surface area contributed by atoms with Crippen molar-refractivity contribution < 1.29 is 0 Å². The summed E-state index contributed by atoms with van der Waals surface area (Å²) < 4.78 is 2.44. The normalized spacial score (nSPS) is 14.8. The van der Waals surface area contributed by atoms with E-state index in [1.54, 1.807) is 0 Å². The number of hydrogen-bond donors (Lipinski definition) is 0. The van der Waals surface area contributed by atoms with E-state index in [1.807, 2.05) is 0 Å².